The van der Waals surface area contributed by atoms with Crippen LogP contribution in [0, 0.1) is 0 Å². The van der Waals surface area contributed by atoms with Crippen molar-refractivity contribution in [2.45, 2.75) is 154 Å². The lowest BCUT2D eigenvalue weighted by molar-refractivity contribution is -0.408. The first kappa shape index (κ1) is 43.2. The highest BCUT2D eigenvalue weighted by Gasteiger charge is 2.57. The number of ether oxygens (including phenoxy) is 9. The lowest BCUT2D eigenvalue weighted by Crippen LogP contribution is -2.69. The maximum atomic E-state index is 11.4. The van der Waals surface area contributed by atoms with Crippen LogP contribution in [0.15, 0.2) is 0 Å². The second-order valence-corrected chi connectivity index (χ2v) is 13.5. The molecule has 310 valence electrons. The minimum absolute atomic E-state index is 0.569. The normalized spacial score (nSPS) is 54.1. The molecule has 24 atom stereocenters. The molecule has 24 heteroatoms. The molecule has 0 amide bonds. The van der Waals surface area contributed by atoms with Crippen molar-refractivity contribution in [2.75, 3.05) is 26.4 Å². The summed E-state index contributed by atoms with van der Waals surface area (Å²) in [5.41, 5.74) is 0. The summed E-state index contributed by atoms with van der Waals surface area (Å²) in [6.45, 7) is -2.03. The summed E-state index contributed by atoms with van der Waals surface area (Å²) < 4.78 is 50.5. The number of rotatable bonds is 11. The molecule has 0 bridgehead atoms. The number of hydrogen-bond donors (Lipinski definition) is 15. The summed E-state index contributed by atoms with van der Waals surface area (Å²) in [6.07, 6.45) is -43.4. The summed E-state index contributed by atoms with van der Waals surface area (Å²) in [5.74, 6) is 0. The van der Waals surface area contributed by atoms with Gasteiger partial charge in [0, 0.05) is 0 Å². The summed E-state index contributed by atoms with van der Waals surface area (Å²) in [7, 11) is 0. The van der Waals surface area contributed by atoms with E-state index >= 15 is 0 Å². The molecule has 5 aliphatic heterocycles. The van der Waals surface area contributed by atoms with Crippen molar-refractivity contribution >= 4 is 0 Å². The summed E-state index contributed by atoms with van der Waals surface area (Å²) in [5, 5.41) is 156. The second kappa shape index (κ2) is 18.1. The van der Waals surface area contributed by atoms with Gasteiger partial charge in [-0.25, -0.2) is 0 Å². The van der Waals surface area contributed by atoms with E-state index in [1.807, 2.05) is 0 Å². The minimum Gasteiger partial charge on any atom is -0.394 e. The Kier molecular flexibility index (Phi) is 14.7. The standard InChI is InChI=1S/C29H50O24/c1-6-11(34)15(38)19(42)27(46-6)51-22-13(36)8(2-30)48-28(20(22)43)53-24-23(52-26-18(41)12(35)7(33)5-45-26)14(37)9(3-31)49-29(24)50-21-10(4-32)47-25(44)17(40)16(21)39/h6-44H,2-5H2,1H3/t6-,7+,8+,9+,10+,11-,12-,13+,14+,15+,16+,17+,18+,19+,20+,21-,22-,23-,24+,25+,26-,27-,28-,29-/m0/s1. The van der Waals surface area contributed by atoms with Gasteiger partial charge in [0.1, 0.15) is 110 Å². The predicted octanol–water partition coefficient (Wildman–Crippen LogP) is -10.3. The van der Waals surface area contributed by atoms with Gasteiger partial charge in [-0.2, -0.15) is 0 Å². The number of aliphatic hydroxyl groups excluding tert-OH is 15. The van der Waals surface area contributed by atoms with E-state index in [-0.39, 0.29) is 0 Å². The molecular formula is C29H50O24. The highest BCUT2D eigenvalue weighted by Crippen LogP contribution is 2.36. The van der Waals surface area contributed by atoms with Crippen molar-refractivity contribution in [3.05, 3.63) is 0 Å². The molecule has 5 aliphatic rings. The van der Waals surface area contributed by atoms with Gasteiger partial charge in [-0.05, 0) is 6.92 Å². The SMILES string of the molecule is C[C@@H]1O[C@@H](O[C@@H]2[C@@H](O)[C@H](O[C@H]3[C@H](O[C@@H]4[C@H](O)[C@@H](O)[C@H](O)O[C@@H]4CO)O[C@H](CO)[C@@H](O)[C@@H]3O[C@@H]3OC[C@@H](O)[C@H](O)[C@H]3O)O[C@H](CO)[C@H]2O)[C@H](O)[C@H](O)[C@H]1O. The molecule has 0 aliphatic carbocycles. The van der Waals surface area contributed by atoms with Gasteiger partial charge in [0.05, 0.1) is 32.5 Å². The molecule has 0 unspecified atom stereocenters. The molecule has 15 N–H and O–H groups in total. The Morgan fingerprint density at radius 2 is 0.925 bits per heavy atom. The van der Waals surface area contributed by atoms with Crippen molar-refractivity contribution < 1.29 is 119 Å². The van der Waals surface area contributed by atoms with E-state index in [0.717, 1.165) is 0 Å². The van der Waals surface area contributed by atoms with Crippen LogP contribution in [-0.4, -0.2) is 250 Å². The highest BCUT2D eigenvalue weighted by atomic mass is 16.8. The number of hydrogen-bond acceptors (Lipinski definition) is 24. The van der Waals surface area contributed by atoms with Crippen LogP contribution in [-0.2, 0) is 42.6 Å². The molecular weight excluding hydrogens is 732 g/mol. The maximum absolute atomic E-state index is 11.4. The Morgan fingerprint density at radius 3 is 1.55 bits per heavy atom. The fraction of sp³-hybridized carbons (Fsp3) is 1.00. The third-order valence-electron chi connectivity index (χ3n) is 9.89. The first-order valence-electron chi connectivity index (χ1n) is 16.9. The highest BCUT2D eigenvalue weighted by molar-refractivity contribution is 4.99. The molecule has 0 saturated carbocycles. The number of aliphatic hydroxyl groups is 15. The first-order valence-corrected chi connectivity index (χ1v) is 16.9. The molecule has 0 spiro atoms. The largest absolute Gasteiger partial charge is 0.394 e. The summed E-state index contributed by atoms with van der Waals surface area (Å²) in [6, 6.07) is 0. The van der Waals surface area contributed by atoms with E-state index in [4.69, 9.17) is 42.6 Å². The Hall–Kier alpha value is -0.960. The molecule has 5 fully saturated rings. The summed E-state index contributed by atoms with van der Waals surface area (Å²) in [4.78, 5) is 0. The molecule has 0 aromatic carbocycles. The van der Waals surface area contributed by atoms with Gasteiger partial charge in [0.15, 0.2) is 31.5 Å². The van der Waals surface area contributed by atoms with E-state index in [9.17, 15) is 76.6 Å². The van der Waals surface area contributed by atoms with Gasteiger partial charge in [-0.15, -0.1) is 0 Å². The molecule has 53 heavy (non-hydrogen) atoms. The summed E-state index contributed by atoms with van der Waals surface area (Å²) >= 11 is 0. The zero-order chi connectivity index (χ0) is 39.0. The fourth-order valence-electron chi connectivity index (χ4n) is 6.66. The Balaban J connectivity index is 1.48. The van der Waals surface area contributed by atoms with Crippen molar-refractivity contribution in [1.82, 2.24) is 0 Å². The smallest absolute Gasteiger partial charge is 0.187 e. The molecule has 0 aromatic rings. The average molecular weight is 783 g/mol. The van der Waals surface area contributed by atoms with E-state index < -0.39 is 174 Å². The monoisotopic (exact) mass is 782 g/mol. The van der Waals surface area contributed by atoms with Crippen molar-refractivity contribution in [3.63, 3.8) is 0 Å². The third-order valence-corrected chi connectivity index (χ3v) is 9.89. The van der Waals surface area contributed by atoms with Gasteiger partial charge < -0.3 is 119 Å². The van der Waals surface area contributed by atoms with Crippen LogP contribution in [0.25, 0.3) is 0 Å². The lowest BCUT2D eigenvalue weighted by atomic mass is 9.95. The van der Waals surface area contributed by atoms with Crippen molar-refractivity contribution in [3.8, 4) is 0 Å². The second-order valence-electron chi connectivity index (χ2n) is 13.5. The van der Waals surface area contributed by atoms with Crippen LogP contribution in [0.2, 0.25) is 0 Å². The van der Waals surface area contributed by atoms with Crippen molar-refractivity contribution in [2.24, 2.45) is 0 Å². The van der Waals surface area contributed by atoms with Crippen LogP contribution in [0.3, 0.4) is 0 Å². The van der Waals surface area contributed by atoms with E-state index in [2.05, 4.69) is 0 Å². The molecule has 5 rings (SSSR count). The molecule has 5 heterocycles. The van der Waals surface area contributed by atoms with Gasteiger partial charge in [-0.3, -0.25) is 0 Å². The van der Waals surface area contributed by atoms with Crippen molar-refractivity contribution in [1.29, 1.82) is 0 Å². The quantitative estimate of drug-likeness (QED) is 0.0925. The Labute approximate surface area is 300 Å². The molecule has 0 aromatic heterocycles. The van der Waals surface area contributed by atoms with Crippen LogP contribution >= 0.6 is 0 Å². The van der Waals surface area contributed by atoms with Crippen LogP contribution in [0.4, 0.5) is 0 Å². The van der Waals surface area contributed by atoms with E-state index in [1.165, 1.54) is 6.92 Å². The zero-order valence-corrected chi connectivity index (χ0v) is 28.1. The zero-order valence-electron chi connectivity index (χ0n) is 28.1. The van der Waals surface area contributed by atoms with Gasteiger partial charge in [0.25, 0.3) is 0 Å². The Morgan fingerprint density at radius 1 is 0.415 bits per heavy atom. The topological polar surface area (TPSA) is 387 Å². The maximum Gasteiger partial charge on any atom is 0.187 e. The van der Waals surface area contributed by atoms with Gasteiger partial charge in [-0.1, -0.05) is 0 Å². The van der Waals surface area contributed by atoms with E-state index in [1.54, 1.807) is 0 Å². The van der Waals surface area contributed by atoms with Crippen LogP contribution in [0.1, 0.15) is 6.92 Å². The van der Waals surface area contributed by atoms with E-state index in [0.29, 0.717) is 0 Å². The predicted molar refractivity (Wildman–Crippen MR) is 159 cm³/mol. The average Bonchev–Trinajstić information content (AvgIpc) is 3.14. The first-order chi connectivity index (χ1) is 25.0. The van der Waals surface area contributed by atoms with Crippen LogP contribution < -0.4 is 0 Å². The fourth-order valence-corrected chi connectivity index (χ4v) is 6.66. The van der Waals surface area contributed by atoms with Gasteiger partial charge in [0.2, 0.25) is 0 Å². The minimum atomic E-state index is -2.11. The van der Waals surface area contributed by atoms with Gasteiger partial charge >= 0.3 is 0 Å². The molecule has 0 radical (unpaired) electrons. The lowest BCUT2D eigenvalue weighted by Gasteiger charge is -2.50. The molecule has 5 saturated heterocycles. The third kappa shape index (κ3) is 8.81. The molecule has 24 nitrogen and oxygen atoms in total. The Bertz CT molecular complexity index is 1140. The van der Waals surface area contributed by atoms with Crippen LogP contribution in [0.5, 0.6) is 0 Å².